The predicted octanol–water partition coefficient (Wildman–Crippen LogP) is 0.109. The molecule has 1 N–H and O–H groups in total. The van der Waals surface area contributed by atoms with Crippen LogP contribution in [-0.2, 0) is 4.79 Å². The topological polar surface area (TPSA) is 56.1 Å². The molecule has 0 saturated carbocycles. The van der Waals surface area contributed by atoms with Gasteiger partial charge in [0.25, 0.3) is 0 Å². The quantitative estimate of drug-likeness (QED) is 0.657. The van der Waals surface area contributed by atoms with E-state index in [4.69, 9.17) is 5.26 Å². The molecule has 1 aliphatic rings. The van der Waals surface area contributed by atoms with Crippen molar-refractivity contribution in [1.29, 1.82) is 5.26 Å². The van der Waals surface area contributed by atoms with Gasteiger partial charge in [0.05, 0.1) is 18.2 Å². The van der Waals surface area contributed by atoms with Gasteiger partial charge in [0.1, 0.15) is 0 Å². The fraction of sp³-hybridized carbons (Fsp3) is 0.778. The lowest BCUT2D eigenvalue weighted by Crippen LogP contribution is -2.56. The molecule has 2 atom stereocenters. The number of hydrogen-bond acceptors (Lipinski definition) is 3. The Bertz CT molecular complexity index is 234. The van der Waals surface area contributed by atoms with E-state index in [1.165, 1.54) is 0 Å². The summed E-state index contributed by atoms with van der Waals surface area (Å²) in [4.78, 5) is 13.2. The molecule has 0 bridgehead atoms. The van der Waals surface area contributed by atoms with E-state index in [2.05, 4.69) is 11.4 Å². The summed E-state index contributed by atoms with van der Waals surface area (Å²) in [6.07, 6.45) is 0.772. The molecule has 1 fully saturated rings. The summed E-state index contributed by atoms with van der Waals surface area (Å²) in [6.45, 7) is 5.24. The van der Waals surface area contributed by atoms with Crippen LogP contribution < -0.4 is 5.32 Å². The van der Waals surface area contributed by atoms with Gasteiger partial charge >= 0.3 is 0 Å². The molecule has 0 aromatic rings. The Morgan fingerprint density at radius 2 is 2.54 bits per heavy atom. The number of hydrogen-bond donors (Lipinski definition) is 1. The highest BCUT2D eigenvalue weighted by atomic mass is 16.2. The average molecular weight is 181 g/mol. The van der Waals surface area contributed by atoms with Gasteiger partial charge < -0.3 is 5.32 Å². The number of amides is 1. The SMILES string of the molecule is CCC(C#N)N1CCNC(=O)C1C. The van der Waals surface area contributed by atoms with E-state index < -0.39 is 0 Å². The summed E-state index contributed by atoms with van der Waals surface area (Å²) in [7, 11) is 0. The van der Waals surface area contributed by atoms with Crippen molar-refractivity contribution in [2.24, 2.45) is 0 Å². The monoisotopic (exact) mass is 181 g/mol. The molecule has 0 radical (unpaired) electrons. The van der Waals surface area contributed by atoms with E-state index in [1.807, 2.05) is 18.7 Å². The number of piperazine rings is 1. The minimum atomic E-state index is -0.168. The molecular formula is C9H15N3O. The molecule has 1 aliphatic heterocycles. The molecule has 13 heavy (non-hydrogen) atoms. The molecule has 4 nitrogen and oxygen atoms in total. The van der Waals surface area contributed by atoms with E-state index in [0.29, 0.717) is 6.54 Å². The summed E-state index contributed by atoms with van der Waals surface area (Å²) < 4.78 is 0. The minimum absolute atomic E-state index is 0.0277. The number of rotatable bonds is 2. The van der Waals surface area contributed by atoms with Crippen molar-refractivity contribution in [3.8, 4) is 6.07 Å². The van der Waals surface area contributed by atoms with Gasteiger partial charge in [0.15, 0.2) is 0 Å². The molecule has 1 heterocycles. The maximum absolute atomic E-state index is 11.3. The molecule has 0 spiro atoms. The Morgan fingerprint density at radius 3 is 3.08 bits per heavy atom. The maximum Gasteiger partial charge on any atom is 0.237 e. The van der Waals surface area contributed by atoms with Crippen molar-refractivity contribution in [2.45, 2.75) is 32.4 Å². The number of nitriles is 1. The lowest BCUT2D eigenvalue weighted by molar-refractivity contribution is -0.128. The van der Waals surface area contributed by atoms with Gasteiger partial charge in [-0.25, -0.2) is 0 Å². The van der Waals surface area contributed by atoms with E-state index in [9.17, 15) is 4.79 Å². The van der Waals surface area contributed by atoms with Crippen LogP contribution in [0.25, 0.3) is 0 Å². The van der Waals surface area contributed by atoms with Crippen LogP contribution in [0.1, 0.15) is 20.3 Å². The van der Waals surface area contributed by atoms with Gasteiger partial charge in [-0.05, 0) is 13.3 Å². The smallest absolute Gasteiger partial charge is 0.237 e. The lowest BCUT2D eigenvalue weighted by atomic mass is 10.1. The summed E-state index contributed by atoms with van der Waals surface area (Å²) in [5, 5.41) is 11.6. The second-order valence-corrected chi connectivity index (χ2v) is 3.26. The maximum atomic E-state index is 11.3. The van der Waals surface area contributed by atoms with E-state index in [1.54, 1.807) is 0 Å². The van der Waals surface area contributed by atoms with Gasteiger partial charge in [-0.1, -0.05) is 6.92 Å². The van der Waals surface area contributed by atoms with Crippen LogP contribution >= 0.6 is 0 Å². The van der Waals surface area contributed by atoms with Crippen LogP contribution in [-0.4, -0.2) is 36.0 Å². The summed E-state index contributed by atoms with van der Waals surface area (Å²) in [6, 6.07) is 1.93. The first-order valence-electron chi connectivity index (χ1n) is 4.63. The van der Waals surface area contributed by atoms with Crippen LogP contribution in [0.4, 0.5) is 0 Å². The Kier molecular flexibility index (Phi) is 3.26. The van der Waals surface area contributed by atoms with Crippen molar-refractivity contribution in [3.05, 3.63) is 0 Å². The summed E-state index contributed by atoms with van der Waals surface area (Å²) in [5.74, 6) is 0.0277. The molecule has 0 aliphatic carbocycles. The highest BCUT2D eigenvalue weighted by molar-refractivity contribution is 5.82. The number of nitrogens with one attached hydrogen (secondary N) is 1. The number of carbonyl (C=O) groups is 1. The third kappa shape index (κ3) is 1.99. The fourth-order valence-electron chi connectivity index (χ4n) is 1.63. The van der Waals surface area contributed by atoms with E-state index in [-0.39, 0.29) is 18.0 Å². The summed E-state index contributed by atoms with van der Waals surface area (Å²) >= 11 is 0. The van der Waals surface area contributed by atoms with Gasteiger partial charge in [-0.2, -0.15) is 5.26 Å². The Morgan fingerprint density at radius 1 is 1.85 bits per heavy atom. The molecular weight excluding hydrogens is 166 g/mol. The van der Waals surface area contributed by atoms with Gasteiger partial charge in [0.2, 0.25) is 5.91 Å². The largest absolute Gasteiger partial charge is 0.353 e. The molecule has 2 unspecified atom stereocenters. The molecule has 72 valence electrons. The normalized spacial score (nSPS) is 26.2. The van der Waals surface area contributed by atoms with Crippen molar-refractivity contribution >= 4 is 5.91 Å². The highest BCUT2D eigenvalue weighted by Crippen LogP contribution is 2.10. The molecule has 1 rings (SSSR count). The van der Waals surface area contributed by atoms with Crippen LogP contribution in [0.3, 0.4) is 0 Å². The van der Waals surface area contributed by atoms with Crippen LogP contribution in [0, 0.1) is 11.3 Å². The average Bonchev–Trinajstić information content (AvgIpc) is 2.14. The molecule has 0 aromatic carbocycles. The minimum Gasteiger partial charge on any atom is -0.353 e. The van der Waals surface area contributed by atoms with Crippen molar-refractivity contribution in [2.75, 3.05) is 13.1 Å². The third-order valence-corrected chi connectivity index (χ3v) is 2.48. The lowest BCUT2D eigenvalue weighted by Gasteiger charge is -2.35. The van der Waals surface area contributed by atoms with Crippen LogP contribution in [0.5, 0.6) is 0 Å². The van der Waals surface area contributed by atoms with Crippen molar-refractivity contribution < 1.29 is 4.79 Å². The second-order valence-electron chi connectivity index (χ2n) is 3.26. The van der Waals surface area contributed by atoms with Gasteiger partial charge in [0, 0.05) is 13.1 Å². The number of nitrogens with zero attached hydrogens (tertiary/aromatic N) is 2. The van der Waals surface area contributed by atoms with E-state index in [0.717, 1.165) is 13.0 Å². The first-order valence-corrected chi connectivity index (χ1v) is 4.63. The third-order valence-electron chi connectivity index (χ3n) is 2.48. The predicted molar refractivity (Wildman–Crippen MR) is 48.9 cm³/mol. The molecule has 4 heteroatoms. The zero-order valence-corrected chi connectivity index (χ0v) is 8.08. The Balaban J connectivity index is 2.67. The molecule has 0 aromatic heterocycles. The zero-order chi connectivity index (χ0) is 9.84. The van der Waals surface area contributed by atoms with Crippen molar-refractivity contribution in [1.82, 2.24) is 10.2 Å². The molecule has 1 amide bonds. The van der Waals surface area contributed by atoms with Gasteiger partial charge in [-0.15, -0.1) is 0 Å². The first-order chi connectivity index (χ1) is 6.20. The fourth-order valence-corrected chi connectivity index (χ4v) is 1.63. The number of carbonyl (C=O) groups excluding carboxylic acids is 1. The standard InChI is InChI=1S/C9H15N3O/c1-3-8(6-10)12-5-4-11-9(13)7(12)2/h7-8H,3-5H2,1-2H3,(H,11,13). The van der Waals surface area contributed by atoms with E-state index >= 15 is 0 Å². The van der Waals surface area contributed by atoms with Crippen LogP contribution in [0.2, 0.25) is 0 Å². The Hall–Kier alpha value is -1.08. The Labute approximate surface area is 78.5 Å². The zero-order valence-electron chi connectivity index (χ0n) is 8.08. The molecule has 1 saturated heterocycles. The second kappa shape index (κ2) is 4.24. The first kappa shape index (κ1) is 10.0. The highest BCUT2D eigenvalue weighted by Gasteiger charge is 2.29. The van der Waals surface area contributed by atoms with Gasteiger partial charge in [-0.3, -0.25) is 9.69 Å². The van der Waals surface area contributed by atoms with Crippen LogP contribution in [0.15, 0.2) is 0 Å². The summed E-state index contributed by atoms with van der Waals surface area (Å²) in [5.41, 5.74) is 0. The van der Waals surface area contributed by atoms with Crippen molar-refractivity contribution in [3.63, 3.8) is 0 Å².